The number of hydrogen-bond donors (Lipinski definition) is 1. The van der Waals surface area contributed by atoms with Crippen LogP contribution in [-0.4, -0.2) is 41.0 Å². The topological polar surface area (TPSA) is 93.7 Å². The zero-order chi connectivity index (χ0) is 23.5. The van der Waals surface area contributed by atoms with E-state index in [2.05, 4.69) is 20.0 Å². The Morgan fingerprint density at radius 3 is 2.52 bits per heavy atom. The Bertz CT molecular complexity index is 977. The Morgan fingerprint density at radius 1 is 1.15 bits per heavy atom. The molecule has 0 radical (unpaired) electrons. The Balaban J connectivity index is 1.28. The first-order valence-corrected chi connectivity index (χ1v) is 10.6. The molecule has 1 aliphatic carbocycles. The molecule has 0 atom stereocenters. The molecule has 8 nitrogen and oxygen atoms in total. The van der Waals surface area contributed by atoms with Gasteiger partial charge in [-0.05, 0) is 56.4 Å². The number of halogens is 3. The number of aromatic nitrogens is 2. The van der Waals surface area contributed by atoms with Gasteiger partial charge in [0.2, 0.25) is 5.91 Å². The zero-order valence-corrected chi connectivity index (χ0v) is 17.7. The van der Waals surface area contributed by atoms with Crippen molar-refractivity contribution in [3.63, 3.8) is 0 Å². The normalized spacial score (nSPS) is 22.9. The van der Waals surface area contributed by atoms with E-state index in [9.17, 15) is 22.8 Å². The molecule has 2 heterocycles. The van der Waals surface area contributed by atoms with Crippen molar-refractivity contribution in [2.75, 3.05) is 11.4 Å². The highest BCUT2D eigenvalue weighted by atomic mass is 19.4. The maximum atomic E-state index is 13.2. The summed E-state index contributed by atoms with van der Waals surface area (Å²) in [5.41, 5.74) is 0.622. The highest BCUT2D eigenvalue weighted by Crippen LogP contribution is 2.46. The molecule has 1 aliphatic heterocycles. The van der Waals surface area contributed by atoms with Gasteiger partial charge in [-0.2, -0.15) is 0 Å². The Hall–Kier alpha value is -3.37. The van der Waals surface area contributed by atoms with Gasteiger partial charge in [-0.15, -0.1) is 13.2 Å². The van der Waals surface area contributed by atoms with E-state index >= 15 is 0 Å². The van der Waals surface area contributed by atoms with Crippen LogP contribution in [0.2, 0.25) is 0 Å². The van der Waals surface area contributed by atoms with Crippen LogP contribution < -0.4 is 15.0 Å². The van der Waals surface area contributed by atoms with E-state index in [0.29, 0.717) is 50.0 Å². The molecule has 176 valence electrons. The lowest BCUT2D eigenvalue weighted by Crippen LogP contribution is -2.40. The van der Waals surface area contributed by atoms with Crippen molar-refractivity contribution in [2.24, 2.45) is 5.41 Å². The molecule has 1 saturated carbocycles. The van der Waals surface area contributed by atoms with Crippen LogP contribution in [0.4, 0.5) is 23.7 Å². The van der Waals surface area contributed by atoms with Crippen molar-refractivity contribution in [3.05, 3.63) is 48.5 Å². The van der Waals surface area contributed by atoms with Crippen molar-refractivity contribution in [1.29, 1.82) is 0 Å². The van der Waals surface area contributed by atoms with Crippen molar-refractivity contribution in [1.82, 2.24) is 15.3 Å². The molecule has 0 unspecified atom stereocenters. The third kappa shape index (κ3) is 5.52. The van der Waals surface area contributed by atoms with Gasteiger partial charge >= 0.3 is 12.5 Å². The van der Waals surface area contributed by atoms with E-state index in [1.165, 1.54) is 30.5 Å². The summed E-state index contributed by atoms with van der Waals surface area (Å²) in [7, 11) is 0. The van der Waals surface area contributed by atoms with E-state index in [4.69, 9.17) is 4.74 Å². The molecular weight excluding hydrogens is 441 g/mol. The number of anilines is 1. The number of benzene rings is 1. The summed E-state index contributed by atoms with van der Waals surface area (Å²) in [4.78, 5) is 34.9. The van der Waals surface area contributed by atoms with Crippen LogP contribution in [0.25, 0.3) is 0 Å². The fourth-order valence-electron chi connectivity index (χ4n) is 4.40. The van der Waals surface area contributed by atoms with Gasteiger partial charge in [0.15, 0.2) is 0 Å². The van der Waals surface area contributed by atoms with Crippen molar-refractivity contribution < 1.29 is 32.2 Å². The fraction of sp³-hybridized carbons (Fsp3) is 0.455. The van der Waals surface area contributed by atoms with Crippen LogP contribution >= 0.6 is 0 Å². The van der Waals surface area contributed by atoms with Crippen LogP contribution in [0.1, 0.15) is 37.8 Å². The lowest BCUT2D eigenvalue weighted by Gasteiger charge is -2.35. The minimum Gasteiger partial charge on any atom is -0.446 e. The number of amides is 2. The number of nitrogens with one attached hydrogen (secondary N) is 1. The maximum Gasteiger partial charge on any atom is 0.573 e. The third-order valence-electron chi connectivity index (χ3n) is 6.09. The molecule has 2 amide bonds. The maximum absolute atomic E-state index is 13.2. The molecule has 1 spiro atoms. The van der Waals surface area contributed by atoms with Crippen molar-refractivity contribution in [2.45, 2.75) is 51.1 Å². The molecule has 1 aromatic heterocycles. The molecule has 33 heavy (non-hydrogen) atoms. The van der Waals surface area contributed by atoms with Gasteiger partial charge in [0.25, 0.3) is 0 Å². The predicted molar refractivity (Wildman–Crippen MR) is 110 cm³/mol. The second-order valence-corrected chi connectivity index (χ2v) is 8.18. The molecular formula is C22H23F3N4O4. The molecule has 2 aliphatic rings. The van der Waals surface area contributed by atoms with E-state index in [1.807, 2.05) is 0 Å². The molecule has 1 N–H and O–H groups in total. The average Bonchev–Trinajstić information content (AvgIpc) is 3.10. The lowest BCUT2D eigenvalue weighted by atomic mass is 9.72. The third-order valence-corrected chi connectivity index (χ3v) is 6.09. The fourth-order valence-corrected chi connectivity index (χ4v) is 4.40. The summed E-state index contributed by atoms with van der Waals surface area (Å²) in [6.07, 6.45) is 2.00. The van der Waals surface area contributed by atoms with E-state index < -0.39 is 17.9 Å². The van der Waals surface area contributed by atoms with Gasteiger partial charge in [-0.1, -0.05) is 0 Å². The summed E-state index contributed by atoms with van der Waals surface area (Å²) in [6, 6.07) is 5.30. The van der Waals surface area contributed by atoms with E-state index in [0.717, 1.165) is 0 Å². The van der Waals surface area contributed by atoms with E-state index in [1.54, 1.807) is 17.3 Å². The highest BCUT2D eigenvalue weighted by Gasteiger charge is 2.49. The number of carbonyl (C=O) groups is 2. The van der Waals surface area contributed by atoms with Crippen LogP contribution in [0.3, 0.4) is 0 Å². The first-order chi connectivity index (χ1) is 15.7. The molecule has 2 aromatic rings. The summed E-state index contributed by atoms with van der Waals surface area (Å²) in [5.74, 6) is -0.375. The Morgan fingerprint density at radius 2 is 1.88 bits per heavy atom. The molecule has 2 fully saturated rings. The average molecular weight is 464 g/mol. The van der Waals surface area contributed by atoms with Crippen LogP contribution in [0.5, 0.6) is 5.75 Å². The minimum atomic E-state index is -4.76. The monoisotopic (exact) mass is 464 g/mol. The number of alkyl carbamates (subject to hydrolysis) is 1. The van der Waals surface area contributed by atoms with E-state index in [-0.39, 0.29) is 24.3 Å². The predicted octanol–water partition coefficient (Wildman–Crippen LogP) is 3.97. The van der Waals surface area contributed by atoms with Gasteiger partial charge < -0.3 is 19.7 Å². The SMILES string of the molecule is O=C(NCc1cnccn1)O[C@H]1CC[C@]2(CCN(c3ccc(OC(F)(F)F)cc3)C2=O)CC1. The number of hydrogen-bond acceptors (Lipinski definition) is 6. The number of alkyl halides is 3. The summed E-state index contributed by atoms with van der Waals surface area (Å²) < 4.78 is 46.4. The van der Waals surface area contributed by atoms with Crippen LogP contribution in [-0.2, 0) is 16.1 Å². The molecule has 0 bridgehead atoms. The van der Waals surface area contributed by atoms with Gasteiger partial charge in [-0.3, -0.25) is 14.8 Å². The van der Waals surface area contributed by atoms with Gasteiger partial charge in [-0.25, -0.2) is 4.79 Å². The molecule has 11 heteroatoms. The smallest absolute Gasteiger partial charge is 0.446 e. The summed E-state index contributed by atoms with van der Waals surface area (Å²) in [5, 5.41) is 2.64. The molecule has 1 aromatic carbocycles. The largest absolute Gasteiger partial charge is 0.573 e. The van der Waals surface area contributed by atoms with Gasteiger partial charge in [0, 0.05) is 24.6 Å². The number of ether oxygens (including phenoxy) is 2. The lowest BCUT2D eigenvalue weighted by molar-refractivity contribution is -0.274. The summed E-state index contributed by atoms with van der Waals surface area (Å²) in [6.45, 7) is 0.700. The van der Waals surface area contributed by atoms with Gasteiger partial charge in [0.1, 0.15) is 11.9 Å². The quantitative estimate of drug-likeness (QED) is 0.720. The second kappa shape index (κ2) is 9.24. The van der Waals surface area contributed by atoms with Crippen molar-refractivity contribution >= 4 is 17.7 Å². The van der Waals surface area contributed by atoms with Crippen molar-refractivity contribution in [3.8, 4) is 5.75 Å². The van der Waals surface area contributed by atoms with Crippen LogP contribution in [0.15, 0.2) is 42.9 Å². The Labute approximate surface area is 188 Å². The number of carbonyl (C=O) groups excluding carboxylic acids is 2. The first-order valence-electron chi connectivity index (χ1n) is 10.6. The summed E-state index contributed by atoms with van der Waals surface area (Å²) >= 11 is 0. The minimum absolute atomic E-state index is 0.0439. The number of nitrogens with zero attached hydrogens (tertiary/aromatic N) is 3. The molecule has 1 saturated heterocycles. The zero-order valence-electron chi connectivity index (χ0n) is 17.7. The number of rotatable bonds is 5. The standard InChI is InChI=1S/C22H23F3N4O4/c23-22(24,25)33-18-3-1-16(2-4-18)29-12-9-21(19(29)30)7-5-17(6-8-21)32-20(31)28-14-15-13-26-10-11-27-15/h1-4,10-11,13,17H,5-9,12,14H2,(H,28,31)/t17-,21+. The Kier molecular flexibility index (Phi) is 6.39. The van der Waals surface area contributed by atoms with Crippen LogP contribution in [0, 0.1) is 5.41 Å². The van der Waals surface area contributed by atoms with Gasteiger partial charge in [0.05, 0.1) is 23.9 Å². The molecule has 4 rings (SSSR count). The first kappa shape index (κ1) is 22.8. The highest BCUT2D eigenvalue weighted by molar-refractivity contribution is 6.00. The second-order valence-electron chi connectivity index (χ2n) is 8.18.